The zero-order chi connectivity index (χ0) is 72.9. The minimum absolute atomic E-state index is 0. The molecule has 5 unspecified atom stereocenters. The third-order valence-corrected chi connectivity index (χ3v) is 23.4. The van der Waals surface area contributed by atoms with E-state index in [0.717, 1.165) is 32.9 Å². The van der Waals surface area contributed by atoms with Crippen LogP contribution < -0.4 is 3.71 Å². The third-order valence-electron chi connectivity index (χ3n) is 15.6. The van der Waals surface area contributed by atoms with E-state index in [-0.39, 0.29) is 97.3 Å². The summed E-state index contributed by atoms with van der Waals surface area (Å²) in [6.07, 6.45) is 7.72. The van der Waals surface area contributed by atoms with Crippen LogP contribution in [0.2, 0.25) is 19.8 Å². The molecule has 4 N–H and O–H groups in total. The maximum atomic E-state index is 14.3. The van der Waals surface area contributed by atoms with Crippen molar-refractivity contribution in [1.29, 1.82) is 5.26 Å². The van der Waals surface area contributed by atoms with E-state index in [2.05, 4.69) is 147 Å². The number of esters is 1. The van der Waals surface area contributed by atoms with Crippen LogP contribution in [0.1, 0.15) is 99.2 Å². The van der Waals surface area contributed by atoms with Gasteiger partial charge in [-0.2, -0.15) is 25.7 Å². The third kappa shape index (κ3) is 24.3. The Morgan fingerprint density at radius 1 is 0.702 bits per heavy atom. The summed E-state index contributed by atoms with van der Waals surface area (Å²) in [5, 5.41) is 72.2. The molecule has 6 fully saturated rings. The molecule has 2 aromatic carbocycles. The summed E-state index contributed by atoms with van der Waals surface area (Å²) in [4.78, 5) is 59.3. The average Bonchev–Trinajstić information content (AvgIpc) is 1.49. The monoisotopic (exact) mass is 2020 g/mol. The molecule has 7 aliphatic rings. The van der Waals surface area contributed by atoms with Crippen LogP contribution in [0.3, 0.4) is 0 Å². The number of H-pyrrole nitrogens is 1. The number of amides is 2. The van der Waals surface area contributed by atoms with Gasteiger partial charge < -0.3 is 43.4 Å². The number of nitrogens with one attached hydrogen (secondary N) is 1. The number of carbonyl (C=O) groups excluding carboxylic acids is 3. The van der Waals surface area contributed by atoms with Gasteiger partial charge in [0.05, 0.1) is 113 Å². The Labute approximate surface area is 664 Å². The normalized spacial score (nSPS) is 22.2. The zero-order valence-corrected chi connectivity index (χ0v) is 67.4. The van der Waals surface area contributed by atoms with Crippen molar-refractivity contribution >= 4 is 148 Å². The Morgan fingerprint density at radius 3 is 1.59 bits per heavy atom. The number of hydrogen-bond acceptors (Lipinski definition) is 23. The summed E-state index contributed by atoms with van der Waals surface area (Å²) in [7, 11) is 0. The van der Waals surface area contributed by atoms with E-state index >= 15 is 0 Å². The number of aliphatic hydroxyl groups is 3. The zero-order valence-electron chi connectivity index (χ0n) is 55.2. The standard InChI is InChI=1S/C19H15ClFN3O3.C14H12IN3O5.2C7H9IN2O2.C7H9N2O2.C4H6O2.C3H3IN2.3CH4.3CH3.Sn/c1-19(2,3)27-18(26)24-9-14-16(17(24)25)11(20)7-13(23-14)15-10(8-22)5-4-6-12(15)21;15-13-5-6-17(16-13)11-7-22-8-12(11)23-14(19)9-1-3-10(4-2-9)18(20)21;2*8-7-1-2-10(9-7)5-3-12-4-6(5)11;10-7-5-11-4-6(7)9-3-1-2-8-9;1-3-4(6-3)2-5-1;4-3-1-2-5-6-3;;;;;;;/h4-7H,9H2,1-3H3;1-6,11-12H,7-8H2;2*1-2,5-6,11H,3-4H2;1,3,6-7,10H,4-5H2;3-4H,1-2H2;1-2H,(H,5,6);3*1H4;3*1H3;/t;11?,12-;5?,6-;5-,6-;6?,7-;;;;;;;;;/m.1101........./s1. The molecule has 2 amide bonds. The van der Waals surface area contributed by atoms with Crippen LogP contribution in [-0.4, -0.2) is 224 Å². The molecule has 0 aliphatic carbocycles. The van der Waals surface area contributed by atoms with Crippen molar-refractivity contribution in [2.75, 3.05) is 66.1 Å². The number of epoxide rings is 1. The van der Waals surface area contributed by atoms with Gasteiger partial charge in [0.2, 0.25) is 0 Å². The molecule has 6 saturated heterocycles. The number of aliphatic hydroxyl groups excluding tert-OH is 3. The van der Waals surface area contributed by atoms with Gasteiger partial charge in [-0.3, -0.25) is 34.1 Å². The van der Waals surface area contributed by atoms with Gasteiger partial charge in [-0.05, 0) is 166 Å². The first-order valence-electron chi connectivity index (χ1n) is 31.3. The van der Waals surface area contributed by atoms with Gasteiger partial charge in [-0.15, -0.1) is 0 Å². The molecule has 10 atom stereocenters. The van der Waals surface area contributed by atoms with Crippen molar-refractivity contribution in [2.24, 2.45) is 0 Å². The number of ether oxygens (including phenoxy) is 8. The predicted octanol–water partition coefficient (Wildman–Crippen LogP) is 10.4. The Hall–Kier alpha value is -5.48. The van der Waals surface area contributed by atoms with E-state index < -0.39 is 77.1 Å². The molecule has 37 heteroatoms. The number of hydrogen-bond donors (Lipinski definition) is 4. The average molecular weight is 2020 g/mol. The first kappa shape index (κ1) is 87.4. The van der Waals surface area contributed by atoms with Crippen LogP contribution in [0, 0.1) is 42.1 Å². The number of aromatic amines is 1. The maximum absolute atomic E-state index is 14.3. The number of halogens is 6. The molecule has 6 aromatic heterocycles. The molecule has 15 rings (SSSR count). The van der Waals surface area contributed by atoms with Crippen molar-refractivity contribution in [2.45, 2.75) is 131 Å². The van der Waals surface area contributed by atoms with Crippen LogP contribution >= 0.6 is 102 Å². The number of pyridine rings is 1. The number of imide groups is 1. The fraction of sp³-hybridized carbons (Fsp3) is 0.463. The van der Waals surface area contributed by atoms with Crippen molar-refractivity contribution < 1.29 is 76.9 Å². The summed E-state index contributed by atoms with van der Waals surface area (Å²) in [6.45, 7) is 10.2. The number of fused-ring (bicyclic) bond motifs is 2. The van der Waals surface area contributed by atoms with Gasteiger partial charge >= 0.3 is 106 Å². The fourth-order valence-electron chi connectivity index (χ4n) is 10.3. The van der Waals surface area contributed by atoms with Gasteiger partial charge in [0.15, 0.2) is 0 Å². The fourth-order valence-corrected chi connectivity index (χ4v) is 15.0. The second-order valence-electron chi connectivity index (χ2n) is 25.3. The number of rotatable bonds is 9. The SMILES string of the molecule is C.C.C.C1OCC2OC12.CC(C)(C)OC(=O)N1Cc2nc(-c3c(F)cccc3C#N)cc(Cl)c2C1=O.Ic1ccn[nH]1.O=C(O[C@@H]1COCC1n1ccc(I)n1)c1ccc([N+](=O)[O-])cc1.O[C@@H]1COCC1n1ccc(I)n1.O[C@H]1COC[C@@H]1n1ccc(I)n1.[CH3][Sn]([CH3])([CH3])[c]1ccn(C2COC[C@H]2O)n1. The van der Waals surface area contributed by atoms with E-state index in [0.29, 0.717) is 65.1 Å². The summed E-state index contributed by atoms with van der Waals surface area (Å²) < 4.78 is 68.0. The number of nitrogens with zero attached hydrogens (tertiary/aromatic N) is 13. The Balaban J connectivity index is 0.000000199. The quantitative estimate of drug-likeness (QED) is 0.0260. The van der Waals surface area contributed by atoms with E-state index in [9.17, 15) is 49.5 Å². The molecule has 30 nitrogen and oxygen atoms in total. The van der Waals surface area contributed by atoms with Gasteiger partial charge in [0.1, 0.15) is 71.2 Å². The van der Waals surface area contributed by atoms with E-state index in [1.165, 1.54) is 52.2 Å². The summed E-state index contributed by atoms with van der Waals surface area (Å²) in [5.74, 6) is -1.80. The summed E-state index contributed by atoms with van der Waals surface area (Å²) in [6, 6.07) is 22.1. The number of nitriles is 1. The Kier molecular flexibility index (Phi) is 33.7. The van der Waals surface area contributed by atoms with E-state index in [4.69, 9.17) is 49.5 Å². The predicted molar refractivity (Wildman–Crippen MR) is 416 cm³/mol. The molecule has 104 heavy (non-hydrogen) atoms. The van der Waals surface area contributed by atoms with Crippen molar-refractivity contribution in [3.05, 3.63) is 168 Å². The number of nitro groups is 1. The van der Waals surface area contributed by atoms with Crippen LogP contribution in [0.5, 0.6) is 0 Å². The van der Waals surface area contributed by atoms with Crippen LogP contribution in [-0.2, 0) is 44.4 Å². The Morgan fingerprint density at radius 2 is 1.19 bits per heavy atom. The van der Waals surface area contributed by atoms with Gasteiger partial charge in [0.25, 0.3) is 11.6 Å². The molecule has 0 radical (unpaired) electrons. The minimum atomic E-state index is -2.05. The van der Waals surface area contributed by atoms with Crippen LogP contribution in [0.4, 0.5) is 14.9 Å². The Bertz CT molecular complexity index is 4090. The van der Waals surface area contributed by atoms with Gasteiger partial charge in [-0.25, -0.2) is 23.9 Å². The van der Waals surface area contributed by atoms with Gasteiger partial charge in [0, 0.05) is 36.9 Å². The molecule has 7 aliphatic heterocycles. The number of nitro benzene ring substituents is 1. The summed E-state index contributed by atoms with van der Waals surface area (Å²) in [5.41, 5.74) is -0.0942. The number of benzene rings is 2. The number of aromatic nitrogens is 11. The topological polar surface area (TPSA) is 372 Å². The molecule has 0 bridgehead atoms. The molecular weight excluding hydrogens is 1940 g/mol. The second-order valence-corrected chi connectivity index (χ2v) is 44.5. The molecular formula is C67H84ClFI4N14O16Sn. The molecule has 0 saturated carbocycles. The van der Waals surface area contributed by atoms with Crippen molar-refractivity contribution in [1.82, 2.24) is 59.2 Å². The van der Waals surface area contributed by atoms with E-state index in [1.807, 2.05) is 59.8 Å². The van der Waals surface area contributed by atoms with E-state index in [1.54, 1.807) is 41.0 Å². The first-order chi connectivity index (χ1) is 48.0. The van der Waals surface area contributed by atoms with Crippen LogP contribution in [0.25, 0.3) is 11.3 Å². The summed E-state index contributed by atoms with van der Waals surface area (Å²) >= 11 is 12.7. The van der Waals surface area contributed by atoms with Crippen molar-refractivity contribution in [3.8, 4) is 17.3 Å². The van der Waals surface area contributed by atoms with Crippen LogP contribution in [0.15, 0.2) is 110 Å². The molecule has 564 valence electrons. The molecule has 0 spiro atoms. The van der Waals surface area contributed by atoms with Crippen molar-refractivity contribution in [3.63, 3.8) is 0 Å². The molecule has 13 heterocycles. The van der Waals surface area contributed by atoms with Gasteiger partial charge in [-0.1, -0.05) is 39.9 Å². The number of non-ortho nitro benzene ring substituents is 1. The number of carbonyl (C=O) groups is 3. The first-order valence-corrected chi connectivity index (χ1v) is 46.0. The molecule has 8 aromatic rings. The second kappa shape index (κ2) is 40.1.